The van der Waals surface area contributed by atoms with Crippen molar-refractivity contribution in [1.29, 1.82) is 5.26 Å². The Morgan fingerprint density at radius 1 is 1.20 bits per heavy atom. The van der Waals surface area contributed by atoms with Crippen LogP contribution in [0.1, 0.15) is 29.7 Å². The number of anilines is 1. The van der Waals surface area contributed by atoms with Gasteiger partial charge in [-0.05, 0) is 29.2 Å². The highest BCUT2D eigenvalue weighted by Crippen LogP contribution is 2.26. The first-order chi connectivity index (χ1) is 14.6. The number of carbonyl (C=O) groups is 2. The number of aromatic nitrogens is 1. The summed E-state index contributed by atoms with van der Waals surface area (Å²) in [6, 6.07) is 17.2. The van der Waals surface area contributed by atoms with E-state index in [2.05, 4.69) is 11.1 Å². The van der Waals surface area contributed by atoms with E-state index in [1.165, 1.54) is 11.3 Å². The van der Waals surface area contributed by atoms with Gasteiger partial charge in [0.2, 0.25) is 5.91 Å². The highest BCUT2D eigenvalue weighted by atomic mass is 32.1. The molecule has 150 valence electrons. The smallest absolute Gasteiger partial charge is 0.312 e. The number of carbonyl (C=O) groups excluding carboxylic acids is 2. The van der Waals surface area contributed by atoms with Crippen molar-refractivity contribution in [3.8, 4) is 17.2 Å². The lowest BCUT2D eigenvalue weighted by Gasteiger charge is -2.10. The molecule has 7 heteroatoms. The monoisotopic (exact) mass is 417 g/mol. The van der Waals surface area contributed by atoms with Gasteiger partial charge in [0.15, 0.2) is 5.13 Å². The summed E-state index contributed by atoms with van der Waals surface area (Å²) in [5.41, 5.74) is 3.91. The molecule has 0 atom stereocenters. The van der Waals surface area contributed by atoms with Gasteiger partial charge in [-0.1, -0.05) is 42.5 Å². The van der Waals surface area contributed by atoms with Crippen LogP contribution in [-0.2, 0) is 27.4 Å². The van der Waals surface area contributed by atoms with Gasteiger partial charge in [-0.15, -0.1) is 11.3 Å². The number of amides is 1. The van der Waals surface area contributed by atoms with Crippen LogP contribution in [0.25, 0.3) is 11.1 Å². The standard InChI is InChI=1S/C23H19N3O3S/c24-13-18-4-1-2-5-20(18)17-9-7-16(8-10-17)14-29-22(28)12-19-15-30-23(25-19)26-11-3-6-21(26)27/h1-2,4-5,7-10,15H,3,6,11-12,14H2. The Morgan fingerprint density at radius 3 is 2.73 bits per heavy atom. The maximum Gasteiger partial charge on any atom is 0.312 e. The molecule has 1 aliphatic rings. The van der Waals surface area contributed by atoms with E-state index in [1.54, 1.807) is 16.3 Å². The first-order valence-electron chi connectivity index (χ1n) is 9.63. The van der Waals surface area contributed by atoms with E-state index in [1.807, 2.05) is 42.5 Å². The van der Waals surface area contributed by atoms with Gasteiger partial charge in [-0.2, -0.15) is 5.26 Å². The largest absolute Gasteiger partial charge is 0.461 e. The minimum atomic E-state index is -0.362. The summed E-state index contributed by atoms with van der Waals surface area (Å²) in [4.78, 5) is 30.0. The normalized spacial score (nSPS) is 13.3. The Bertz CT molecular complexity index is 1120. The maximum atomic E-state index is 12.2. The molecule has 6 nitrogen and oxygen atoms in total. The van der Waals surface area contributed by atoms with Gasteiger partial charge in [0.1, 0.15) is 6.61 Å². The van der Waals surface area contributed by atoms with Crippen LogP contribution >= 0.6 is 11.3 Å². The van der Waals surface area contributed by atoms with Gasteiger partial charge in [0.05, 0.1) is 23.7 Å². The van der Waals surface area contributed by atoms with E-state index in [4.69, 9.17) is 4.74 Å². The molecule has 1 aromatic heterocycles. The average Bonchev–Trinajstić information content (AvgIpc) is 3.41. The van der Waals surface area contributed by atoms with E-state index in [0.717, 1.165) is 23.1 Å². The lowest BCUT2D eigenvalue weighted by molar-refractivity contribution is -0.144. The predicted octanol–water partition coefficient (Wildman–Crippen LogP) is 4.09. The number of hydrogen-bond donors (Lipinski definition) is 0. The Balaban J connectivity index is 1.33. The molecule has 30 heavy (non-hydrogen) atoms. The summed E-state index contributed by atoms with van der Waals surface area (Å²) in [5, 5.41) is 11.7. The minimum Gasteiger partial charge on any atom is -0.461 e. The van der Waals surface area contributed by atoms with Crippen molar-refractivity contribution in [2.24, 2.45) is 0 Å². The molecule has 0 radical (unpaired) electrons. The Hall–Kier alpha value is -3.50. The van der Waals surface area contributed by atoms with Crippen molar-refractivity contribution < 1.29 is 14.3 Å². The number of nitriles is 1. The fourth-order valence-electron chi connectivity index (χ4n) is 3.33. The molecule has 1 fully saturated rings. The van der Waals surface area contributed by atoms with Crippen LogP contribution in [0.2, 0.25) is 0 Å². The lowest BCUT2D eigenvalue weighted by Crippen LogP contribution is -2.23. The summed E-state index contributed by atoms with van der Waals surface area (Å²) >= 11 is 1.37. The van der Waals surface area contributed by atoms with Crippen molar-refractivity contribution in [1.82, 2.24) is 4.98 Å². The third-order valence-corrected chi connectivity index (χ3v) is 5.79. The fraction of sp³-hybridized carbons (Fsp3) is 0.217. The average molecular weight is 417 g/mol. The van der Waals surface area contributed by atoms with E-state index >= 15 is 0 Å². The molecule has 3 aromatic rings. The summed E-state index contributed by atoms with van der Waals surface area (Å²) in [7, 11) is 0. The topological polar surface area (TPSA) is 83.3 Å². The van der Waals surface area contributed by atoms with E-state index in [0.29, 0.717) is 29.4 Å². The van der Waals surface area contributed by atoms with Crippen molar-refractivity contribution >= 4 is 28.3 Å². The molecule has 4 rings (SSSR count). The highest BCUT2D eigenvalue weighted by molar-refractivity contribution is 7.14. The highest BCUT2D eigenvalue weighted by Gasteiger charge is 2.24. The second-order valence-corrected chi connectivity index (χ2v) is 7.80. The summed E-state index contributed by atoms with van der Waals surface area (Å²) in [5.74, 6) is -0.280. The maximum absolute atomic E-state index is 12.2. The number of benzene rings is 2. The zero-order chi connectivity index (χ0) is 20.9. The molecule has 0 saturated carbocycles. The van der Waals surface area contributed by atoms with Gasteiger partial charge in [0.25, 0.3) is 0 Å². The molecular weight excluding hydrogens is 398 g/mol. The SMILES string of the molecule is N#Cc1ccccc1-c1ccc(COC(=O)Cc2csc(N3CCCC3=O)n2)cc1. The van der Waals surface area contributed by atoms with Gasteiger partial charge in [-0.25, -0.2) is 4.98 Å². The number of hydrogen-bond acceptors (Lipinski definition) is 6. The summed E-state index contributed by atoms with van der Waals surface area (Å²) < 4.78 is 5.37. The van der Waals surface area contributed by atoms with Crippen LogP contribution in [0.15, 0.2) is 53.9 Å². The predicted molar refractivity (Wildman–Crippen MR) is 114 cm³/mol. The van der Waals surface area contributed by atoms with Gasteiger partial charge < -0.3 is 4.74 Å². The lowest BCUT2D eigenvalue weighted by atomic mass is 9.99. The van der Waals surface area contributed by atoms with Gasteiger partial charge >= 0.3 is 5.97 Å². The van der Waals surface area contributed by atoms with E-state index in [9.17, 15) is 14.9 Å². The van der Waals surface area contributed by atoms with Crippen molar-refractivity contribution in [3.05, 3.63) is 70.7 Å². The van der Waals surface area contributed by atoms with Crippen LogP contribution < -0.4 is 4.90 Å². The van der Waals surface area contributed by atoms with Gasteiger partial charge in [-0.3, -0.25) is 14.5 Å². The number of nitrogens with zero attached hydrogens (tertiary/aromatic N) is 3. The number of ether oxygens (including phenoxy) is 1. The molecule has 0 unspecified atom stereocenters. The molecule has 2 heterocycles. The zero-order valence-corrected chi connectivity index (χ0v) is 17.0. The molecule has 0 bridgehead atoms. The number of rotatable bonds is 6. The third kappa shape index (κ3) is 4.39. The van der Waals surface area contributed by atoms with Crippen LogP contribution in [0.3, 0.4) is 0 Å². The molecular formula is C23H19N3O3S. The Morgan fingerprint density at radius 2 is 2.00 bits per heavy atom. The molecule has 2 aromatic carbocycles. The molecule has 1 amide bonds. The van der Waals surface area contributed by atoms with Crippen LogP contribution in [0.5, 0.6) is 0 Å². The van der Waals surface area contributed by atoms with Gasteiger partial charge in [0, 0.05) is 18.3 Å². The number of esters is 1. The van der Waals surface area contributed by atoms with Crippen molar-refractivity contribution in [2.75, 3.05) is 11.4 Å². The quantitative estimate of drug-likeness (QED) is 0.564. The van der Waals surface area contributed by atoms with E-state index in [-0.39, 0.29) is 24.9 Å². The van der Waals surface area contributed by atoms with Crippen LogP contribution in [-0.4, -0.2) is 23.4 Å². The molecule has 0 spiro atoms. The minimum absolute atomic E-state index is 0.0756. The first kappa shape index (κ1) is 19.8. The summed E-state index contributed by atoms with van der Waals surface area (Å²) in [6.07, 6.45) is 1.47. The second kappa shape index (κ2) is 8.89. The van der Waals surface area contributed by atoms with Crippen molar-refractivity contribution in [3.63, 3.8) is 0 Å². The van der Waals surface area contributed by atoms with E-state index < -0.39 is 0 Å². The molecule has 0 N–H and O–H groups in total. The Labute approximate surface area is 178 Å². The zero-order valence-electron chi connectivity index (χ0n) is 16.2. The van der Waals surface area contributed by atoms with Crippen molar-refractivity contribution in [2.45, 2.75) is 25.9 Å². The third-order valence-electron chi connectivity index (χ3n) is 4.88. The number of thiazole rings is 1. The second-order valence-electron chi connectivity index (χ2n) is 6.96. The first-order valence-corrected chi connectivity index (χ1v) is 10.5. The molecule has 1 aliphatic heterocycles. The molecule has 1 saturated heterocycles. The Kier molecular flexibility index (Phi) is 5.87. The summed E-state index contributed by atoms with van der Waals surface area (Å²) in [6.45, 7) is 0.853. The van der Waals surface area contributed by atoms with Crippen LogP contribution in [0.4, 0.5) is 5.13 Å². The van der Waals surface area contributed by atoms with Crippen LogP contribution in [0, 0.1) is 11.3 Å². The molecule has 0 aliphatic carbocycles. The fourth-order valence-corrected chi connectivity index (χ4v) is 4.20.